The largest absolute Gasteiger partial charge is 0.384 e. The van der Waals surface area contributed by atoms with E-state index in [0.29, 0.717) is 24.2 Å². The first kappa shape index (κ1) is 22.3. The number of anilines is 1. The van der Waals surface area contributed by atoms with Crippen molar-refractivity contribution in [3.63, 3.8) is 0 Å². The Morgan fingerprint density at radius 3 is 2.45 bits per heavy atom. The van der Waals surface area contributed by atoms with Crippen molar-refractivity contribution in [1.29, 1.82) is 0 Å². The number of nitrogens with two attached hydrogens (primary N) is 1. The van der Waals surface area contributed by atoms with Crippen LogP contribution in [0.1, 0.15) is 37.3 Å². The van der Waals surface area contributed by atoms with Crippen LogP contribution in [0.5, 0.6) is 0 Å². The molecule has 0 fully saturated rings. The van der Waals surface area contributed by atoms with Gasteiger partial charge in [0.1, 0.15) is 23.8 Å². The van der Waals surface area contributed by atoms with Gasteiger partial charge in [0, 0.05) is 19.2 Å². The number of rotatable bonds is 10. The molecule has 0 radical (unpaired) electrons. The van der Waals surface area contributed by atoms with Crippen LogP contribution in [0.25, 0.3) is 0 Å². The second kappa shape index (κ2) is 11.1. The number of amides is 2. The summed E-state index contributed by atoms with van der Waals surface area (Å²) in [6, 6.07) is 8.16. The molecular formula is C21H27FN4O3. The number of hydrogen-bond donors (Lipinski definition) is 4. The van der Waals surface area contributed by atoms with Gasteiger partial charge < -0.3 is 21.5 Å². The Morgan fingerprint density at radius 1 is 1.14 bits per heavy atom. The number of benzene rings is 1. The fourth-order valence-corrected chi connectivity index (χ4v) is 2.71. The molecule has 2 atom stereocenters. The third kappa shape index (κ3) is 7.50. The average Bonchev–Trinajstić information content (AvgIpc) is 2.72. The number of nitrogens with one attached hydrogen (secondary N) is 2. The minimum Gasteiger partial charge on any atom is -0.384 e. The first-order valence-electron chi connectivity index (χ1n) is 9.60. The molecule has 2 amide bonds. The maximum absolute atomic E-state index is 13.2. The second-order valence-corrected chi connectivity index (χ2v) is 6.86. The molecule has 0 unspecified atom stereocenters. The summed E-state index contributed by atoms with van der Waals surface area (Å²) in [6.45, 7) is 2.17. The monoisotopic (exact) mass is 402 g/mol. The fraction of sp³-hybridized carbons (Fsp3) is 0.381. The first-order chi connectivity index (χ1) is 13.9. The summed E-state index contributed by atoms with van der Waals surface area (Å²) >= 11 is 0. The molecule has 0 aliphatic carbocycles. The zero-order valence-corrected chi connectivity index (χ0v) is 16.4. The summed E-state index contributed by atoms with van der Waals surface area (Å²) < 4.78 is 13.2. The summed E-state index contributed by atoms with van der Waals surface area (Å²) in [5.41, 5.74) is 6.99. The number of hydrogen-bond acceptors (Lipinski definition) is 5. The highest BCUT2D eigenvalue weighted by atomic mass is 19.1. The molecule has 1 heterocycles. The lowest BCUT2D eigenvalue weighted by Crippen LogP contribution is -2.50. The van der Waals surface area contributed by atoms with Gasteiger partial charge >= 0.3 is 0 Å². The van der Waals surface area contributed by atoms with Crippen LogP contribution in [0.4, 0.5) is 10.2 Å². The van der Waals surface area contributed by atoms with Gasteiger partial charge in [0.25, 0.3) is 0 Å². The van der Waals surface area contributed by atoms with E-state index in [0.717, 1.165) is 12.0 Å². The number of aliphatic hydroxyl groups is 1. The molecule has 0 aliphatic heterocycles. The maximum atomic E-state index is 13.2. The van der Waals surface area contributed by atoms with Gasteiger partial charge in [0.15, 0.2) is 0 Å². The number of aliphatic hydroxyl groups excluding tert-OH is 1. The maximum Gasteiger partial charge on any atom is 0.249 e. The van der Waals surface area contributed by atoms with Gasteiger partial charge in [-0.05, 0) is 35.7 Å². The van der Waals surface area contributed by atoms with Gasteiger partial charge in [0.2, 0.25) is 11.8 Å². The number of nitrogen functional groups attached to an aromatic ring is 1. The first-order valence-corrected chi connectivity index (χ1v) is 9.60. The van der Waals surface area contributed by atoms with E-state index in [2.05, 4.69) is 15.6 Å². The molecule has 2 aromatic rings. The zero-order valence-electron chi connectivity index (χ0n) is 16.4. The van der Waals surface area contributed by atoms with Crippen molar-refractivity contribution in [3.8, 4) is 0 Å². The van der Waals surface area contributed by atoms with Crippen molar-refractivity contribution in [2.75, 3.05) is 5.73 Å². The number of carbonyl (C=O) groups is 2. The normalized spacial score (nSPS) is 12.8. The molecule has 2 rings (SSSR count). The highest BCUT2D eigenvalue weighted by Crippen LogP contribution is 2.08. The molecule has 1 aromatic carbocycles. The van der Waals surface area contributed by atoms with Gasteiger partial charge in [-0.15, -0.1) is 0 Å². The molecule has 8 heteroatoms. The molecule has 0 saturated heterocycles. The Balaban J connectivity index is 2.05. The van der Waals surface area contributed by atoms with Gasteiger partial charge in [-0.1, -0.05) is 38.0 Å². The SMILES string of the molecule is CCCC[C@@H](O)C(=O)N[C@@H](Cc1ccc(F)cc1)C(=O)NCc1ccc(N)nc1. The van der Waals surface area contributed by atoms with Gasteiger partial charge in [-0.25, -0.2) is 9.37 Å². The third-order valence-electron chi connectivity index (χ3n) is 4.43. The smallest absolute Gasteiger partial charge is 0.249 e. The van der Waals surface area contributed by atoms with Crippen molar-refractivity contribution in [2.24, 2.45) is 0 Å². The van der Waals surface area contributed by atoms with E-state index in [4.69, 9.17) is 5.73 Å². The number of pyridine rings is 1. The van der Waals surface area contributed by atoms with Gasteiger partial charge in [0.05, 0.1) is 0 Å². The van der Waals surface area contributed by atoms with Gasteiger partial charge in [-0.2, -0.15) is 0 Å². The standard InChI is InChI=1S/C21H27FN4O3/c1-2-3-4-18(27)21(29)26-17(11-14-5-8-16(22)9-6-14)20(28)25-13-15-7-10-19(23)24-12-15/h5-10,12,17-18,27H,2-4,11,13H2,1H3,(H2,23,24)(H,25,28)(H,26,29)/t17-,18+/m0/s1. The Labute approximate surface area is 169 Å². The summed E-state index contributed by atoms with van der Waals surface area (Å²) in [6.07, 6.45) is 2.41. The summed E-state index contributed by atoms with van der Waals surface area (Å²) in [7, 11) is 0. The molecule has 0 aliphatic rings. The van der Waals surface area contributed by atoms with E-state index in [9.17, 15) is 19.1 Å². The molecule has 0 saturated carbocycles. The molecule has 0 bridgehead atoms. The molecule has 0 spiro atoms. The number of aromatic nitrogens is 1. The predicted octanol–water partition coefficient (Wildman–Crippen LogP) is 1.70. The Kier molecular flexibility index (Phi) is 8.54. The van der Waals surface area contributed by atoms with Crippen molar-refractivity contribution < 1.29 is 19.1 Å². The highest BCUT2D eigenvalue weighted by Gasteiger charge is 2.24. The van der Waals surface area contributed by atoms with Crippen LogP contribution >= 0.6 is 0 Å². The quantitative estimate of drug-likeness (QED) is 0.483. The fourth-order valence-electron chi connectivity index (χ4n) is 2.71. The number of halogens is 1. The van der Waals surface area contributed by atoms with Crippen LogP contribution in [0.15, 0.2) is 42.6 Å². The van der Waals surface area contributed by atoms with Crippen LogP contribution in [0.3, 0.4) is 0 Å². The van der Waals surface area contributed by atoms with Crippen LogP contribution in [-0.2, 0) is 22.6 Å². The zero-order chi connectivity index (χ0) is 21.2. The lowest BCUT2D eigenvalue weighted by Gasteiger charge is -2.20. The van der Waals surface area contributed by atoms with Crippen molar-refractivity contribution in [2.45, 2.75) is 51.3 Å². The van der Waals surface area contributed by atoms with E-state index >= 15 is 0 Å². The predicted molar refractivity (Wildman–Crippen MR) is 108 cm³/mol. The van der Waals surface area contributed by atoms with Crippen LogP contribution < -0.4 is 16.4 Å². The number of unbranched alkanes of at least 4 members (excludes halogenated alkanes) is 1. The van der Waals surface area contributed by atoms with Gasteiger partial charge in [-0.3, -0.25) is 9.59 Å². The topological polar surface area (TPSA) is 117 Å². The summed E-state index contributed by atoms with van der Waals surface area (Å²) in [5, 5.41) is 15.4. The molecular weight excluding hydrogens is 375 g/mol. The minimum atomic E-state index is -1.18. The Hall–Kier alpha value is -3.00. The highest BCUT2D eigenvalue weighted by molar-refractivity contribution is 5.89. The average molecular weight is 402 g/mol. The summed E-state index contributed by atoms with van der Waals surface area (Å²) in [4.78, 5) is 29.0. The Bertz CT molecular complexity index is 797. The van der Waals surface area contributed by atoms with Crippen LogP contribution in [-0.4, -0.2) is 34.1 Å². The third-order valence-corrected chi connectivity index (χ3v) is 4.43. The van der Waals surface area contributed by atoms with Crippen LogP contribution in [0.2, 0.25) is 0 Å². The van der Waals surface area contributed by atoms with E-state index in [1.807, 2.05) is 6.92 Å². The van der Waals surface area contributed by atoms with Crippen molar-refractivity contribution in [1.82, 2.24) is 15.6 Å². The van der Waals surface area contributed by atoms with Crippen LogP contribution in [0, 0.1) is 5.82 Å². The van der Waals surface area contributed by atoms with Crippen molar-refractivity contribution in [3.05, 3.63) is 59.5 Å². The van der Waals surface area contributed by atoms with E-state index in [1.165, 1.54) is 12.1 Å². The van der Waals surface area contributed by atoms with E-state index in [-0.39, 0.29) is 18.8 Å². The van der Waals surface area contributed by atoms with E-state index in [1.54, 1.807) is 30.5 Å². The molecule has 7 nitrogen and oxygen atoms in total. The Morgan fingerprint density at radius 2 is 1.83 bits per heavy atom. The lowest BCUT2D eigenvalue weighted by molar-refractivity contribution is -0.134. The molecule has 156 valence electrons. The minimum absolute atomic E-state index is 0.165. The number of nitrogens with zero attached hydrogens (tertiary/aromatic N) is 1. The molecule has 5 N–H and O–H groups in total. The lowest BCUT2D eigenvalue weighted by atomic mass is 10.0. The van der Waals surface area contributed by atoms with E-state index < -0.39 is 24.0 Å². The number of carbonyl (C=O) groups excluding carboxylic acids is 2. The van der Waals surface area contributed by atoms with Crippen molar-refractivity contribution >= 4 is 17.6 Å². The second-order valence-electron chi connectivity index (χ2n) is 6.86. The molecule has 1 aromatic heterocycles. The molecule has 29 heavy (non-hydrogen) atoms. The summed E-state index contributed by atoms with van der Waals surface area (Å²) in [5.74, 6) is -1.02.